The number of alkyl carbamates (subject to hydrolysis) is 1. The van der Waals surface area contributed by atoms with Gasteiger partial charge in [0.15, 0.2) is 0 Å². The van der Waals surface area contributed by atoms with Crippen LogP contribution in [0.2, 0.25) is 0 Å². The molecule has 88 valence electrons. The van der Waals surface area contributed by atoms with Crippen molar-refractivity contribution in [2.45, 2.75) is 32.6 Å². The first-order valence-electron chi connectivity index (χ1n) is 5.87. The highest BCUT2D eigenvalue weighted by atomic mass is 16.5. The van der Waals surface area contributed by atoms with Crippen molar-refractivity contribution in [3.05, 3.63) is 0 Å². The maximum Gasteiger partial charge on any atom is 0.407 e. The van der Waals surface area contributed by atoms with Crippen LogP contribution in [0.5, 0.6) is 0 Å². The average Bonchev–Trinajstić information content (AvgIpc) is 2.27. The number of nitrogens with one attached hydrogen (secondary N) is 1. The van der Waals surface area contributed by atoms with Crippen LogP contribution >= 0.6 is 0 Å². The SMILES string of the molecule is CCOC(=O)NCC1CCC(CN)CC1. The maximum absolute atomic E-state index is 11.1. The van der Waals surface area contributed by atoms with E-state index in [9.17, 15) is 4.79 Å². The second kappa shape index (κ2) is 6.67. The Labute approximate surface area is 91.5 Å². The predicted octanol–water partition coefficient (Wildman–Crippen LogP) is 1.50. The van der Waals surface area contributed by atoms with Crippen LogP contribution in [-0.4, -0.2) is 25.8 Å². The van der Waals surface area contributed by atoms with E-state index in [1.54, 1.807) is 0 Å². The standard InChI is InChI=1S/C11H22N2O2/c1-2-15-11(14)13-8-10-5-3-9(7-12)4-6-10/h9-10H,2-8,12H2,1H3,(H,13,14). The Morgan fingerprint density at radius 3 is 2.47 bits per heavy atom. The Kier molecular flexibility index (Phi) is 5.47. The highest BCUT2D eigenvalue weighted by Crippen LogP contribution is 2.27. The van der Waals surface area contributed by atoms with Gasteiger partial charge in [-0.25, -0.2) is 4.79 Å². The van der Waals surface area contributed by atoms with Gasteiger partial charge >= 0.3 is 6.09 Å². The normalized spacial score (nSPS) is 26.0. The van der Waals surface area contributed by atoms with Crippen molar-refractivity contribution in [3.63, 3.8) is 0 Å². The van der Waals surface area contributed by atoms with Gasteiger partial charge in [-0.2, -0.15) is 0 Å². The second-order valence-corrected chi connectivity index (χ2v) is 4.22. The van der Waals surface area contributed by atoms with Crippen molar-refractivity contribution in [1.29, 1.82) is 0 Å². The van der Waals surface area contributed by atoms with Crippen LogP contribution in [0.4, 0.5) is 4.79 Å². The van der Waals surface area contributed by atoms with Crippen LogP contribution in [0.15, 0.2) is 0 Å². The molecule has 1 rings (SSSR count). The molecule has 0 aromatic heterocycles. The van der Waals surface area contributed by atoms with E-state index in [0.717, 1.165) is 13.1 Å². The molecule has 0 atom stereocenters. The Morgan fingerprint density at radius 1 is 1.33 bits per heavy atom. The number of rotatable bonds is 4. The molecule has 3 N–H and O–H groups in total. The van der Waals surface area contributed by atoms with E-state index in [1.165, 1.54) is 25.7 Å². The number of carbonyl (C=O) groups is 1. The fraction of sp³-hybridized carbons (Fsp3) is 0.909. The quantitative estimate of drug-likeness (QED) is 0.745. The van der Waals surface area contributed by atoms with Gasteiger partial charge in [-0.15, -0.1) is 0 Å². The third-order valence-corrected chi connectivity index (χ3v) is 3.11. The molecule has 4 nitrogen and oxygen atoms in total. The van der Waals surface area contributed by atoms with Gasteiger partial charge in [-0.1, -0.05) is 0 Å². The van der Waals surface area contributed by atoms with Crippen LogP contribution in [0, 0.1) is 11.8 Å². The highest BCUT2D eigenvalue weighted by Gasteiger charge is 2.20. The first-order chi connectivity index (χ1) is 7.26. The lowest BCUT2D eigenvalue weighted by Crippen LogP contribution is -2.32. The smallest absolute Gasteiger partial charge is 0.407 e. The monoisotopic (exact) mass is 214 g/mol. The number of carbonyl (C=O) groups excluding carboxylic acids is 1. The molecule has 0 radical (unpaired) electrons. The van der Waals surface area contributed by atoms with E-state index in [0.29, 0.717) is 18.4 Å². The van der Waals surface area contributed by atoms with E-state index in [2.05, 4.69) is 5.32 Å². The lowest BCUT2D eigenvalue weighted by atomic mass is 9.82. The Morgan fingerprint density at radius 2 is 1.93 bits per heavy atom. The van der Waals surface area contributed by atoms with Crippen molar-refractivity contribution < 1.29 is 9.53 Å². The van der Waals surface area contributed by atoms with Gasteiger partial charge < -0.3 is 15.8 Å². The number of ether oxygens (including phenoxy) is 1. The van der Waals surface area contributed by atoms with E-state index < -0.39 is 0 Å². The van der Waals surface area contributed by atoms with Crippen LogP contribution in [0.3, 0.4) is 0 Å². The molecule has 0 unspecified atom stereocenters. The number of nitrogens with two attached hydrogens (primary N) is 1. The summed E-state index contributed by atoms with van der Waals surface area (Å²) in [6.07, 6.45) is 4.46. The molecule has 4 heteroatoms. The van der Waals surface area contributed by atoms with Crippen molar-refractivity contribution in [2.24, 2.45) is 17.6 Å². The molecular weight excluding hydrogens is 192 g/mol. The molecule has 15 heavy (non-hydrogen) atoms. The van der Waals surface area contributed by atoms with E-state index in [1.807, 2.05) is 6.92 Å². The lowest BCUT2D eigenvalue weighted by molar-refractivity contribution is 0.148. The summed E-state index contributed by atoms with van der Waals surface area (Å²) in [5, 5.41) is 2.79. The molecule has 1 aliphatic rings. The van der Waals surface area contributed by atoms with Crippen LogP contribution < -0.4 is 11.1 Å². The molecule has 1 aliphatic carbocycles. The topological polar surface area (TPSA) is 64.3 Å². The molecule has 0 heterocycles. The van der Waals surface area contributed by atoms with Crippen molar-refractivity contribution in [1.82, 2.24) is 5.32 Å². The molecular formula is C11H22N2O2. The summed E-state index contributed by atoms with van der Waals surface area (Å²) in [5.74, 6) is 1.31. The van der Waals surface area contributed by atoms with E-state index in [4.69, 9.17) is 10.5 Å². The molecule has 0 aromatic carbocycles. The van der Waals surface area contributed by atoms with Crippen molar-refractivity contribution in [3.8, 4) is 0 Å². The minimum Gasteiger partial charge on any atom is -0.450 e. The zero-order valence-electron chi connectivity index (χ0n) is 9.50. The lowest BCUT2D eigenvalue weighted by Gasteiger charge is -2.27. The van der Waals surface area contributed by atoms with Crippen LogP contribution in [-0.2, 0) is 4.74 Å². The summed E-state index contributed by atoms with van der Waals surface area (Å²) >= 11 is 0. The Hall–Kier alpha value is -0.770. The number of hydrogen-bond donors (Lipinski definition) is 2. The summed E-state index contributed by atoms with van der Waals surface area (Å²) < 4.78 is 4.81. The van der Waals surface area contributed by atoms with Gasteiger partial charge in [0.1, 0.15) is 0 Å². The van der Waals surface area contributed by atoms with Gasteiger partial charge in [0.05, 0.1) is 6.61 Å². The minimum absolute atomic E-state index is 0.293. The highest BCUT2D eigenvalue weighted by molar-refractivity contribution is 5.66. The van der Waals surface area contributed by atoms with Gasteiger partial charge in [-0.05, 0) is 51.0 Å². The molecule has 1 fully saturated rings. The zero-order valence-corrected chi connectivity index (χ0v) is 9.50. The third kappa shape index (κ3) is 4.51. The molecule has 0 bridgehead atoms. The van der Waals surface area contributed by atoms with Crippen molar-refractivity contribution in [2.75, 3.05) is 19.7 Å². The summed E-state index contributed by atoms with van der Waals surface area (Å²) in [5.41, 5.74) is 5.62. The Bertz CT molecular complexity index is 189. The van der Waals surface area contributed by atoms with Gasteiger partial charge in [0.25, 0.3) is 0 Å². The first kappa shape index (κ1) is 12.3. The molecule has 1 amide bonds. The molecule has 0 aliphatic heterocycles. The van der Waals surface area contributed by atoms with E-state index >= 15 is 0 Å². The average molecular weight is 214 g/mol. The summed E-state index contributed by atoms with van der Waals surface area (Å²) in [4.78, 5) is 11.1. The van der Waals surface area contributed by atoms with Crippen LogP contribution in [0.25, 0.3) is 0 Å². The Balaban J connectivity index is 2.10. The molecule has 0 spiro atoms. The maximum atomic E-state index is 11.1. The third-order valence-electron chi connectivity index (χ3n) is 3.11. The molecule has 1 saturated carbocycles. The minimum atomic E-state index is -0.293. The van der Waals surface area contributed by atoms with Crippen LogP contribution in [0.1, 0.15) is 32.6 Å². The van der Waals surface area contributed by atoms with Gasteiger partial charge in [-0.3, -0.25) is 0 Å². The second-order valence-electron chi connectivity index (χ2n) is 4.22. The number of amides is 1. The predicted molar refractivity (Wildman–Crippen MR) is 59.5 cm³/mol. The summed E-state index contributed by atoms with van der Waals surface area (Å²) in [6.45, 7) is 3.80. The zero-order chi connectivity index (χ0) is 11.1. The summed E-state index contributed by atoms with van der Waals surface area (Å²) in [7, 11) is 0. The van der Waals surface area contributed by atoms with Gasteiger partial charge in [0, 0.05) is 6.54 Å². The molecule has 0 aromatic rings. The number of hydrogen-bond acceptors (Lipinski definition) is 3. The first-order valence-corrected chi connectivity index (χ1v) is 5.87. The van der Waals surface area contributed by atoms with E-state index in [-0.39, 0.29) is 6.09 Å². The summed E-state index contributed by atoms with van der Waals surface area (Å²) in [6, 6.07) is 0. The molecule has 0 saturated heterocycles. The van der Waals surface area contributed by atoms with Gasteiger partial charge in [0.2, 0.25) is 0 Å². The largest absolute Gasteiger partial charge is 0.450 e. The van der Waals surface area contributed by atoms with Crippen molar-refractivity contribution >= 4 is 6.09 Å². The fourth-order valence-corrected chi connectivity index (χ4v) is 2.08. The fourth-order valence-electron chi connectivity index (χ4n) is 2.08.